The third-order valence-electron chi connectivity index (χ3n) is 3.08. The molecule has 1 aliphatic rings. The SMILES string of the molecule is [B]C(C)(O)Oc1cccc([C@@H]2CCCN2)c1C. The van der Waals surface area contributed by atoms with E-state index in [2.05, 4.69) is 11.4 Å². The summed E-state index contributed by atoms with van der Waals surface area (Å²) in [6.07, 6.45) is 2.34. The van der Waals surface area contributed by atoms with E-state index < -0.39 is 5.69 Å². The summed E-state index contributed by atoms with van der Waals surface area (Å²) in [7, 11) is 5.46. The molecule has 17 heavy (non-hydrogen) atoms. The van der Waals surface area contributed by atoms with Crippen LogP contribution in [-0.2, 0) is 0 Å². The van der Waals surface area contributed by atoms with Crippen LogP contribution in [0.1, 0.15) is 36.9 Å². The lowest BCUT2D eigenvalue weighted by Crippen LogP contribution is -2.32. The maximum Gasteiger partial charge on any atom is 0.172 e. The lowest BCUT2D eigenvalue weighted by Gasteiger charge is -2.24. The van der Waals surface area contributed by atoms with Gasteiger partial charge in [-0.3, -0.25) is 0 Å². The van der Waals surface area contributed by atoms with Crippen molar-refractivity contribution < 1.29 is 9.84 Å². The molecule has 4 heteroatoms. The van der Waals surface area contributed by atoms with E-state index >= 15 is 0 Å². The summed E-state index contributed by atoms with van der Waals surface area (Å²) in [6, 6.07) is 6.25. The Hall–Kier alpha value is -0.995. The number of hydrogen-bond donors (Lipinski definition) is 2. The van der Waals surface area contributed by atoms with Gasteiger partial charge in [0.15, 0.2) is 13.5 Å². The Labute approximate surface area is 104 Å². The Morgan fingerprint density at radius 1 is 1.53 bits per heavy atom. The molecule has 1 heterocycles. The fraction of sp³-hybridized carbons (Fsp3) is 0.538. The average molecular weight is 231 g/mol. The molecule has 1 aromatic carbocycles. The predicted molar refractivity (Wildman–Crippen MR) is 68.2 cm³/mol. The minimum atomic E-state index is -1.63. The molecule has 1 aromatic rings. The molecule has 3 nitrogen and oxygen atoms in total. The minimum absolute atomic E-state index is 0.390. The lowest BCUT2D eigenvalue weighted by atomic mass is 9.96. The van der Waals surface area contributed by atoms with Gasteiger partial charge in [-0.25, -0.2) is 0 Å². The highest BCUT2D eigenvalue weighted by molar-refractivity contribution is 6.13. The van der Waals surface area contributed by atoms with Crippen molar-refractivity contribution in [1.82, 2.24) is 5.32 Å². The average Bonchev–Trinajstić information content (AvgIpc) is 2.72. The number of aliphatic hydroxyl groups is 1. The number of hydrogen-bond acceptors (Lipinski definition) is 3. The van der Waals surface area contributed by atoms with Gasteiger partial charge in [-0.2, -0.15) is 0 Å². The van der Waals surface area contributed by atoms with E-state index in [1.807, 2.05) is 19.1 Å². The number of ether oxygens (including phenoxy) is 1. The van der Waals surface area contributed by atoms with Crippen LogP contribution < -0.4 is 10.1 Å². The zero-order valence-electron chi connectivity index (χ0n) is 10.4. The molecule has 1 unspecified atom stereocenters. The molecule has 1 fully saturated rings. The van der Waals surface area contributed by atoms with Crippen molar-refractivity contribution in [3.63, 3.8) is 0 Å². The van der Waals surface area contributed by atoms with Gasteiger partial charge in [0.2, 0.25) is 0 Å². The van der Waals surface area contributed by atoms with Gasteiger partial charge < -0.3 is 15.2 Å². The summed E-state index contributed by atoms with van der Waals surface area (Å²) in [6.45, 7) is 4.48. The first-order chi connectivity index (χ1) is 7.97. The second kappa shape index (κ2) is 4.71. The van der Waals surface area contributed by atoms with Crippen molar-refractivity contribution in [2.24, 2.45) is 0 Å². The molecule has 2 N–H and O–H groups in total. The largest absolute Gasteiger partial charge is 0.472 e. The molecule has 1 aliphatic heterocycles. The second-order valence-corrected chi connectivity index (χ2v) is 4.78. The molecule has 2 atom stereocenters. The fourth-order valence-electron chi connectivity index (χ4n) is 2.29. The maximum atomic E-state index is 9.49. The number of rotatable bonds is 3. The van der Waals surface area contributed by atoms with Crippen LogP contribution >= 0.6 is 0 Å². The van der Waals surface area contributed by atoms with Crippen molar-refractivity contribution in [1.29, 1.82) is 0 Å². The second-order valence-electron chi connectivity index (χ2n) is 4.78. The molecule has 0 bridgehead atoms. The molecule has 2 rings (SSSR count). The number of nitrogens with one attached hydrogen (secondary N) is 1. The van der Waals surface area contributed by atoms with E-state index in [1.54, 1.807) is 0 Å². The van der Waals surface area contributed by atoms with Gasteiger partial charge in [0.05, 0.1) is 0 Å². The highest BCUT2D eigenvalue weighted by Gasteiger charge is 2.21. The van der Waals surface area contributed by atoms with E-state index in [1.165, 1.54) is 18.9 Å². The lowest BCUT2D eigenvalue weighted by molar-refractivity contribution is -0.0453. The normalized spacial score (nSPS) is 23.4. The third-order valence-corrected chi connectivity index (χ3v) is 3.08. The van der Waals surface area contributed by atoms with E-state index in [4.69, 9.17) is 12.6 Å². The molecule has 90 valence electrons. The molecule has 0 aliphatic carbocycles. The Morgan fingerprint density at radius 2 is 2.29 bits per heavy atom. The highest BCUT2D eigenvalue weighted by Crippen LogP contribution is 2.31. The summed E-state index contributed by atoms with van der Waals surface area (Å²) >= 11 is 0. The van der Waals surface area contributed by atoms with Crippen molar-refractivity contribution in [2.75, 3.05) is 6.54 Å². The smallest absolute Gasteiger partial charge is 0.172 e. The van der Waals surface area contributed by atoms with Crippen molar-refractivity contribution in [2.45, 2.75) is 38.4 Å². The molecular formula is C13H18BNO2. The van der Waals surface area contributed by atoms with Crippen LogP contribution in [0.15, 0.2) is 18.2 Å². The Kier molecular flexibility index (Phi) is 3.45. The van der Waals surface area contributed by atoms with Crippen LogP contribution in [0.4, 0.5) is 0 Å². The van der Waals surface area contributed by atoms with E-state index in [0.29, 0.717) is 11.8 Å². The summed E-state index contributed by atoms with van der Waals surface area (Å²) in [5.41, 5.74) is 0.633. The van der Waals surface area contributed by atoms with Gasteiger partial charge in [0, 0.05) is 6.04 Å². The summed E-state index contributed by atoms with van der Waals surface area (Å²) in [5.74, 6) is 0.642. The molecule has 0 amide bonds. The zero-order valence-corrected chi connectivity index (χ0v) is 10.4. The maximum absolute atomic E-state index is 9.49. The van der Waals surface area contributed by atoms with Gasteiger partial charge in [0.25, 0.3) is 0 Å². The summed E-state index contributed by atoms with van der Waals surface area (Å²) in [5, 5.41) is 12.9. The van der Waals surface area contributed by atoms with Crippen LogP contribution in [-0.4, -0.2) is 25.2 Å². The molecule has 0 saturated carbocycles. The molecule has 2 radical (unpaired) electrons. The summed E-state index contributed by atoms with van der Waals surface area (Å²) in [4.78, 5) is 0. The molecule has 1 saturated heterocycles. The van der Waals surface area contributed by atoms with Gasteiger partial charge in [0.1, 0.15) is 5.75 Å². The Morgan fingerprint density at radius 3 is 2.88 bits per heavy atom. The van der Waals surface area contributed by atoms with Crippen LogP contribution in [0.5, 0.6) is 5.75 Å². The molecule has 0 aromatic heterocycles. The Bertz CT molecular complexity index is 395. The summed E-state index contributed by atoms with van der Waals surface area (Å²) < 4.78 is 5.34. The highest BCUT2D eigenvalue weighted by atomic mass is 16.6. The minimum Gasteiger partial charge on any atom is -0.472 e. The Balaban J connectivity index is 2.26. The van der Waals surface area contributed by atoms with Crippen LogP contribution in [0.3, 0.4) is 0 Å². The quantitative estimate of drug-likeness (QED) is 0.613. The van der Waals surface area contributed by atoms with Crippen LogP contribution in [0.25, 0.3) is 0 Å². The van der Waals surface area contributed by atoms with Gasteiger partial charge in [-0.1, -0.05) is 12.1 Å². The zero-order chi connectivity index (χ0) is 12.5. The van der Waals surface area contributed by atoms with E-state index in [0.717, 1.165) is 18.5 Å². The van der Waals surface area contributed by atoms with Crippen LogP contribution in [0.2, 0.25) is 0 Å². The van der Waals surface area contributed by atoms with Gasteiger partial charge in [-0.15, -0.1) is 0 Å². The first-order valence-corrected chi connectivity index (χ1v) is 6.00. The van der Waals surface area contributed by atoms with Gasteiger partial charge in [-0.05, 0) is 50.4 Å². The van der Waals surface area contributed by atoms with Crippen molar-refractivity contribution >= 4 is 7.85 Å². The third kappa shape index (κ3) is 3.02. The van der Waals surface area contributed by atoms with E-state index in [-0.39, 0.29) is 0 Å². The molecule has 0 spiro atoms. The monoisotopic (exact) mass is 231 g/mol. The van der Waals surface area contributed by atoms with Gasteiger partial charge >= 0.3 is 0 Å². The van der Waals surface area contributed by atoms with Crippen molar-refractivity contribution in [3.05, 3.63) is 29.3 Å². The predicted octanol–water partition coefficient (Wildman–Crippen LogP) is 1.63. The van der Waals surface area contributed by atoms with E-state index in [9.17, 15) is 5.11 Å². The first kappa shape index (κ1) is 12.5. The van der Waals surface area contributed by atoms with Crippen molar-refractivity contribution in [3.8, 4) is 5.75 Å². The molecular weight excluding hydrogens is 213 g/mol. The number of benzene rings is 1. The standard InChI is InChI=1S/C13H18BNO2/c1-9-10(11-6-4-8-15-11)5-3-7-12(9)17-13(2,14)16/h3,5,7,11,15-16H,4,6,8H2,1-2H3/t11-,13?/m0/s1. The topological polar surface area (TPSA) is 41.5 Å². The first-order valence-electron chi connectivity index (χ1n) is 6.00. The fourth-order valence-corrected chi connectivity index (χ4v) is 2.29. The van der Waals surface area contributed by atoms with Crippen LogP contribution in [0, 0.1) is 6.92 Å².